The zero-order valence-electron chi connectivity index (χ0n) is 34.4. The quantitative estimate of drug-likeness (QED) is 0.0563. The Morgan fingerprint density at radius 1 is 0.450 bits per heavy atom. The van der Waals surface area contributed by atoms with Crippen LogP contribution in [-0.2, 0) is 71.2 Å². The highest BCUT2D eigenvalue weighted by Crippen LogP contribution is 2.44. The molecule has 0 bridgehead atoms. The highest BCUT2D eigenvalue weighted by atomic mass is 16.6. The molecule has 3 rings (SSSR count). The molecule has 0 fully saturated rings. The van der Waals surface area contributed by atoms with Crippen LogP contribution in [0.2, 0.25) is 0 Å². The number of aliphatic carboxylic acids is 1. The zero-order valence-corrected chi connectivity index (χ0v) is 34.4. The minimum atomic E-state index is -1.57. The smallest absolute Gasteiger partial charge is 0.407 e. The first-order valence-corrected chi connectivity index (χ1v) is 20.3. The van der Waals surface area contributed by atoms with Crippen LogP contribution in [-0.4, -0.2) is 181 Å². The first-order valence-electron chi connectivity index (χ1n) is 20.3. The number of hydrogen-bond acceptors (Lipinski definition) is 16. The number of carbonyl (C=O) groups is 4. The van der Waals surface area contributed by atoms with E-state index in [4.69, 9.17) is 61.9 Å². The number of ketones is 1. The van der Waals surface area contributed by atoms with Gasteiger partial charge >= 0.3 is 18.0 Å². The molecule has 1 aliphatic carbocycles. The maximum absolute atomic E-state index is 12.2. The third-order valence-electron chi connectivity index (χ3n) is 8.49. The molecule has 60 heavy (non-hydrogen) atoms. The van der Waals surface area contributed by atoms with Gasteiger partial charge in [-0.3, -0.25) is 9.59 Å². The molecule has 0 saturated carbocycles. The van der Waals surface area contributed by atoms with Gasteiger partial charge in [0, 0.05) is 18.9 Å². The highest BCUT2D eigenvalue weighted by molar-refractivity contribution is 6.32. The van der Waals surface area contributed by atoms with Crippen molar-refractivity contribution in [3.05, 3.63) is 59.7 Å². The Labute approximate surface area is 351 Å². The van der Waals surface area contributed by atoms with Crippen LogP contribution in [0.15, 0.2) is 48.5 Å². The molecule has 1 amide bonds. The van der Waals surface area contributed by atoms with Gasteiger partial charge in [-0.2, -0.15) is 0 Å². The predicted molar refractivity (Wildman–Crippen MR) is 214 cm³/mol. The Morgan fingerprint density at radius 3 is 1.18 bits per heavy atom. The van der Waals surface area contributed by atoms with Gasteiger partial charge in [0.15, 0.2) is 0 Å². The number of rotatable bonds is 39. The number of amides is 1. The van der Waals surface area contributed by atoms with Crippen molar-refractivity contribution < 1.29 is 81.1 Å². The Morgan fingerprint density at radius 2 is 0.800 bits per heavy atom. The van der Waals surface area contributed by atoms with Gasteiger partial charge in [-0.25, -0.2) is 9.59 Å². The summed E-state index contributed by atoms with van der Waals surface area (Å²) in [4.78, 5) is 45.0. The van der Waals surface area contributed by atoms with Gasteiger partial charge in [-0.05, 0) is 22.3 Å². The van der Waals surface area contributed by atoms with Crippen molar-refractivity contribution >= 4 is 23.8 Å². The number of Topliss-reactive ketones (excluding diaryl/α,β-unsaturated/α-hetero) is 1. The lowest BCUT2D eigenvalue weighted by molar-refractivity contribution is -0.151. The zero-order chi connectivity index (χ0) is 42.7. The van der Waals surface area contributed by atoms with Crippen molar-refractivity contribution in [1.82, 2.24) is 5.32 Å². The fourth-order valence-corrected chi connectivity index (χ4v) is 5.57. The Balaban J connectivity index is 0.934. The summed E-state index contributed by atoms with van der Waals surface area (Å²) in [6, 6.07) is 16.5. The summed E-state index contributed by atoms with van der Waals surface area (Å²) in [5, 5.41) is 11.2. The molecular weight excluding hydrogens is 790 g/mol. The number of carbonyl (C=O) groups excluding carboxylic acids is 3. The van der Waals surface area contributed by atoms with Crippen molar-refractivity contribution in [3.63, 3.8) is 0 Å². The standard InChI is InChI=1S/C42H61NO17/c44-39(41(46)47)9-10-40(45)59-32-31-58-30-29-57-28-27-56-26-25-55-24-23-54-22-21-53-20-19-52-18-17-51-16-15-50-14-13-49-12-11-43-42(48)60-33-38-36-7-3-1-5-34(36)35-6-2-4-8-37(35)38/h1-8,38H,9-33H2,(H,43,48)(H,46,47). The van der Waals surface area contributed by atoms with E-state index in [9.17, 15) is 19.2 Å². The Kier molecular flexibility index (Phi) is 28.2. The van der Waals surface area contributed by atoms with Crippen molar-refractivity contribution in [3.8, 4) is 11.1 Å². The van der Waals surface area contributed by atoms with Crippen LogP contribution in [0.5, 0.6) is 0 Å². The second-order valence-electron chi connectivity index (χ2n) is 12.8. The van der Waals surface area contributed by atoms with E-state index in [1.807, 2.05) is 24.3 Å². The molecule has 336 valence electrons. The summed E-state index contributed by atoms with van der Waals surface area (Å²) >= 11 is 0. The average Bonchev–Trinajstić information content (AvgIpc) is 3.58. The second-order valence-corrected chi connectivity index (χ2v) is 12.8. The SMILES string of the molecule is O=C(CCC(=O)C(=O)O)OCCOCCOCCOCCOCCOCCOCCOCCOCCOCCOCCNC(=O)OCC1c2ccccc2-c2ccccc21. The van der Waals surface area contributed by atoms with Crippen molar-refractivity contribution in [2.24, 2.45) is 0 Å². The number of hydrogen-bond donors (Lipinski definition) is 2. The lowest BCUT2D eigenvalue weighted by Gasteiger charge is -2.14. The van der Waals surface area contributed by atoms with E-state index in [1.54, 1.807) is 0 Å². The summed E-state index contributed by atoms with van der Waals surface area (Å²) in [7, 11) is 0. The van der Waals surface area contributed by atoms with Crippen molar-refractivity contribution in [2.75, 3.05) is 152 Å². The molecule has 2 aromatic rings. The number of fused-ring (bicyclic) bond motifs is 3. The van der Waals surface area contributed by atoms with E-state index in [0.717, 1.165) is 0 Å². The van der Waals surface area contributed by atoms with Crippen LogP contribution in [0.25, 0.3) is 11.1 Å². The molecule has 2 aromatic carbocycles. The van der Waals surface area contributed by atoms with Gasteiger partial charge < -0.3 is 67.3 Å². The molecule has 0 spiro atoms. The van der Waals surface area contributed by atoms with Crippen molar-refractivity contribution in [2.45, 2.75) is 18.8 Å². The number of ether oxygens (including phenoxy) is 12. The first kappa shape index (κ1) is 50.3. The monoisotopic (exact) mass is 851 g/mol. The predicted octanol–water partition coefficient (Wildman–Crippen LogP) is 2.67. The van der Waals surface area contributed by atoms with Crippen LogP contribution in [0.3, 0.4) is 0 Å². The molecular formula is C42H61NO17. The van der Waals surface area contributed by atoms with Gasteiger partial charge in [0.05, 0.1) is 139 Å². The lowest BCUT2D eigenvalue weighted by Crippen LogP contribution is -2.29. The molecule has 0 aliphatic heterocycles. The van der Waals surface area contributed by atoms with Gasteiger partial charge in [0.1, 0.15) is 13.2 Å². The molecule has 0 atom stereocenters. The minimum absolute atomic E-state index is 0.00680. The van der Waals surface area contributed by atoms with Crippen LogP contribution < -0.4 is 5.32 Å². The normalized spacial score (nSPS) is 11.9. The second kappa shape index (κ2) is 33.6. The molecule has 0 saturated heterocycles. The fourth-order valence-electron chi connectivity index (χ4n) is 5.57. The van der Waals surface area contributed by atoms with Gasteiger partial charge in [-0.15, -0.1) is 0 Å². The van der Waals surface area contributed by atoms with E-state index in [-0.39, 0.29) is 32.2 Å². The largest absolute Gasteiger partial charge is 0.476 e. The van der Waals surface area contributed by atoms with E-state index in [2.05, 4.69) is 29.6 Å². The number of alkyl carbamates (subject to hydrolysis) is 1. The fraction of sp³-hybridized carbons (Fsp3) is 0.619. The summed E-state index contributed by atoms with van der Waals surface area (Å²) in [5.74, 6) is -3.23. The number of carboxylic acid groups (broad SMARTS) is 1. The number of nitrogens with one attached hydrogen (secondary N) is 1. The molecule has 1 aliphatic rings. The number of benzene rings is 2. The topological polar surface area (TPSA) is 211 Å². The molecule has 18 heteroatoms. The Bertz CT molecular complexity index is 1430. The summed E-state index contributed by atoms with van der Waals surface area (Å²) in [6.45, 7) is 8.81. The molecule has 0 radical (unpaired) electrons. The molecule has 2 N–H and O–H groups in total. The minimum Gasteiger partial charge on any atom is -0.476 e. The van der Waals surface area contributed by atoms with Crippen molar-refractivity contribution in [1.29, 1.82) is 0 Å². The van der Waals surface area contributed by atoms with E-state index < -0.39 is 30.2 Å². The molecule has 0 unspecified atom stereocenters. The maximum Gasteiger partial charge on any atom is 0.407 e. The van der Waals surface area contributed by atoms with E-state index in [0.29, 0.717) is 132 Å². The van der Waals surface area contributed by atoms with Crippen LogP contribution >= 0.6 is 0 Å². The van der Waals surface area contributed by atoms with E-state index in [1.165, 1.54) is 22.3 Å². The Hall–Kier alpha value is -4.08. The number of carboxylic acids is 1. The van der Waals surface area contributed by atoms with Crippen LogP contribution in [0.1, 0.15) is 29.9 Å². The van der Waals surface area contributed by atoms with Gasteiger partial charge in [0.2, 0.25) is 5.78 Å². The maximum atomic E-state index is 12.2. The van der Waals surface area contributed by atoms with E-state index >= 15 is 0 Å². The van der Waals surface area contributed by atoms with Gasteiger partial charge in [0.25, 0.3) is 0 Å². The molecule has 0 heterocycles. The number of esters is 1. The summed E-state index contributed by atoms with van der Waals surface area (Å²) in [6.07, 6.45) is -1.14. The van der Waals surface area contributed by atoms with Crippen LogP contribution in [0.4, 0.5) is 4.79 Å². The highest BCUT2D eigenvalue weighted by Gasteiger charge is 2.29. The third kappa shape index (κ3) is 23.1. The first-order chi connectivity index (χ1) is 29.5. The molecule has 18 nitrogen and oxygen atoms in total. The molecule has 0 aromatic heterocycles. The third-order valence-corrected chi connectivity index (χ3v) is 8.49. The lowest BCUT2D eigenvalue weighted by atomic mass is 9.98. The van der Waals surface area contributed by atoms with Gasteiger partial charge in [-0.1, -0.05) is 48.5 Å². The average molecular weight is 852 g/mol. The summed E-state index contributed by atoms with van der Waals surface area (Å²) < 4.78 is 64.9. The summed E-state index contributed by atoms with van der Waals surface area (Å²) in [5.41, 5.74) is 4.73. The van der Waals surface area contributed by atoms with Crippen LogP contribution in [0, 0.1) is 0 Å².